The number of benzene rings is 1. The molecule has 3 aliphatic heterocycles. The van der Waals surface area contributed by atoms with Gasteiger partial charge in [-0.25, -0.2) is 14.8 Å². The summed E-state index contributed by atoms with van der Waals surface area (Å²) >= 11 is 1.32. The summed E-state index contributed by atoms with van der Waals surface area (Å²) in [6.07, 6.45) is -5.19. The quantitative estimate of drug-likeness (QED) is 0.130. The first-order valence-corrected chi connectivity index (χ1v) is 21.0. The molecule has 0 spiro atoms. The Labute approximate surface area is 354 Å². The first-order valence-electron chi connectivity index (χ1n) is 20.1. The Balaban J connectivity index is 1.47. The van der Waals surface area contributed by atoms with Gasteiger partial charge in [0, 0.05) is 91.3 Å². The zero-order valence-electron chi connectivity index (χ0n) is 35.0. The molecule has 1 aromatic carbocycles. The molecule has 3 aliphatic rings. The minimum Gasteiger partial charge on any atom is -0.464 e. The van der Waals surface area contributed by atoms with E-state index in [0.717, 1.165) is 10.6 Å². The van der Waals surface area contributed by atoms with Crippen molar-refractivity contribution in [1.29, 1.82) is 0 Å². The average molecular weight is 883 g/mol. The van der Waals surface area contributed by atoms with E-state index in [2.05, 4.69) is 28.9 Å². The van der Waals surface area contributed by atoms with Crippen LogP contribution in [0.4, 0.5) is 30.7 Å². The Bertz CT molecular complexity index is 2150. The number of fused-ring (bicyclic) bond motifs is 6. The third kappa shape index (κ3) is 11.4. The number of esters is 1. The highest BCUT2D eigenvalue weighted by molar-refractivity contribution is 7.10. The molecule has 2 aromatic heterocycles. The molecule has 5 heterocycles. The number of thiazole rings is 1. The first kappa shape index (κ1) is 46.2. The van der Waals surface area contributed by atoms with Gasteiger partial charge in [0.1, 0.15) is 18.4 Å². The predicted molar refractivity (Wildman–Crippen MR) is 222 cm³/mol. The number of hydrogen-bond donors (Lipinski definition) is 2. The molecular weight excluding hydrogens is 830 g/mol. The summed E-state index contributed by atoms with van der Waals surface area (Å²) in [5.41, 5.74) is 4.67. The standard InChI is InChI=1S/C42H53F7N8O3S/c1-25(55-13-11-54(12-14-55)22-41(44,45)46)20-51-34(27(3)59-7)17-37-30-19-40(4,5)24-60-39(58)32-9-8-10-57(53-32)26(2)33(50-6)18-38-52-35(21-61-38)29-15-28(30)36(16-31(29)43)56(37)23-42(47,48)49/h15-17,20-21,27,32-33,50,53H,1-2,8-14,18-19,22-24H2,3-7H3/b34-17+,51-20?. The van der Waals surface area contributed by atoms with Gasteiger partial charge >= 0.3 is 18.3 Å². The Morgan fingerprint density at radius 2 is 1.85 bits per heavy atom. The van der Waals surface area contributed by atoms with Crippen LogP contribution in [0, 0.1) is 11.2 Å². The fourth-order valence-electron chi connectivity index (χ4n) is 7.90. The molecule has 2 saturated heterocycles. The third-order valence-electron chi connectivity index (χ3n) is 11.3. The second kappa shape index (κ2) is 18.6. The number of methoxy groups -OCH3 is 1. The van der Waals surface area contributed by atoms with Crippen LogP contribution in [0.3, 0.4) is 0 Å². The lowest BCUT2D eigenvalue weighted by Crippen LogP contribution is -2.55. The Morgan fingerprint density at radius 1 is 1.15 bits per heavy atom. The molecule has 2 N–H and O–H groups in total. The fraction of sp³-hybridized carbons (Fsp3) is 0.548. The van der Waals surface area contributed by atoms with Crippen LogP contribution in [0.15, 0.2) is 52.8 Å². The summed E-state index contributed by atoms with van der Waals surface area (Å²) in [7, 11) is 3.21. The van der Waals surface area contributed by atoms with Crippen molar-refractivity contribution >= 4 is 40.5 Å². The number of hydrazine groups is 1. The molecule has 3 atom stereocenters. The molecule has 0 aliphatic carbocycles. The van der Waals surface area contributed by atoms with E-state index in [1.807, 2.05) is 18.9 Å². The maximum Gasteiger partial charge on any atom is 0.406 e. The highest BCUT2D eigenvalue weighted by Gasteiger charge is 2.36. The van der Waals surface area contributed by atoms with Gasteiger partial charge in [-0.15, -0.1) is 11.3 Å². The summed E-state index contributed by atoms with van der Waals surface area (Å²) in [5, 5.41) is 7.84. The molecule has 6 rings (SSSR count). The van der Waals surface area contributed by atoms with E-state index >= 15 is 4.39 Å². The molecule has 3 aromatic rings. The highest BCUT2D eigenvalue weighted by Crippen LogP contribution is 2.40. The number of aliphatic imine (C=N–C) groups is 1. The molecule has 0 saturated carbocycles. The number of allylic oxidation sites excluding steroid dienone is 1. The lowest BCUT2D eigenvalue weighted by molar-refractivity contribution is -0.152. The van der Waals surface area contributed by atoms with Crippen molar-refractivity contribution in [2.75, 3.05) is 60.0 Å². The largest absolute Gasteiger partial charge is 0.464 e. The van der Waals surface area contributed by atoms with Crippen molar-refractivity contribution in [3.63, 3.8) is 0 Å². The molecule has 6 bridgehead atoms. The number of halogens is 7. The summed E-state index contributed by atoms with van der Waals surface area (Å²) in [4.78, 5) is 26.1. The van der Waals surface area contributed by atoms with Gasteiger partial charge in [-0.3, -0.25) is 14.7 Å². The number of hydrogen-bond acceptors (Lipinski definition) is 11. The van der Waals surface area contributed by atoms with Crippen LogP contribution in [0.5, 0.6) is 0 Å². The monoisotopic (exact) mass is 882 g/mol. The van der Waals surface area contributed by atoms with Gasteiger partial charge in [0.2, 0.25) is 0 Å². The lowest BCUT2D eigenvalue weighted by Gasteiger charge is -2.38. The van der Waals surface area contributed by atoms with Crippen LogP contribution in [0.25, 0.3) is 28.2 Å². The molecule has 2 fully saturated rings. The van der Waals surface area contributed by atoms with Crippen LogP contribution < -0.4 is 10.7 Å². The van der Waals surface area contributed by atoms with Gasteiger partial charge < -0.3 is 29.3 Å². The minimum atomic E-state index is -4.73. The molecule has 3 unspecified atom stereocenters. The number of aromatic nitrogens is 2. The molecule has 11 nitrogen and oxygen atoms in total. The zero-order chi connectivity index (χ0) is 44.4. The number of carbonyl (C=O) groups excluding carboxylic acids is 1. The van der Waals surface area contributed by atoms with Gasteiger partial charge in [0.15, 0.2) is 0 Å². The van der Waals surface area contributed by atoms with E-state index in [1.165, 1.54) is 41.7 Å². The van der Waals surface area contributed by atoms with Crippen LogP contribution in [0.1, 0.15) is 49.9 Å². The van der Waals surface area contributed by atoms with Crippen LogP contribution in [-0.4, -0.2) is 127 Å². The summed E-state index contributed by atoms with van der Waals surface area (Å²) in [6.45, 7) is 12.6. The van der Waals surface area contributed by atoms with E-state index in [1.54, 1.807) is 24.3 Å². The molecule has 61 heavy (non-hydrogen) atoms. The maximum absolute atomic E-state index is 16.4. The number of carbonyl (C=O) groups is 1. The van der Waals surface area contributed by atoms with Crippen molar-refractivity contribution in [2.45, 2.75) is 83.5 Å². The fourth-order valence-corrected chi connectivity index (χ4v) is 8.74. The normalized spacial score (nSPS) is 21.9. The van der Waals surface area contributed by atoms with Crippen molar-refractivity contribution < 1.29 is 45.0 Å². The third-order valence-corrected chi connectivity index (χ3v) is 12.1. The van der Waals surface area contributed by atoms with Crippen molar-refractivity contribution in [3.05, 3.63) is 69.8 Å². The Kier molecular flexibility index (Phi) is 14.1. The minimum absolute atomic E-state index is 0.00921. The Morgan fingerprint density at radius 3 is 2.51 bits per heavy atom. The average Bonchev–Trinajstić information content (AvgIpc) is 3.76. The summed E-state index contributed by atoms with van der Waals surface area (Å²) in [5.74, 6) is -1.24. The molecule has 0 amide bonds. The number of piperazine rings is 1. The number of alkyl halides is 6. The van der Waals surface area contributed by atoms with Crippen LogP contribution in [0.2, 0.25) is 0 Å². The van der Waals surface area contributed by atoms with E-state index in [-0.39, 0.29) is 67.7 Å². The van der Waals surface area contributed by atoms with Crippen LogP contribution >= 0.6 is 11.3 Å². The predicted octanol–water partition coefficient (Wildman–Crippen LogP) is 7.35. The maximum atomic E-state index is 16.4. The molecule has 0 radical (unpaired) electrons. The van der Waals surface area contributed by atoms with E-state index in [9.17, 15) is 31.1 Å². The second-order valence-corrected chi connectivity index (χ2v) is 17.5. The summed E-state index contributed by atoms with van der Waals surface area (Å²) in [6, 6.07) is 1.69. The van der Waals surface area contributed by atoms with Gasteiger partial charge in [0.25, 0.3) is 0 Å². The topological polar surface area (TPSA) is 99.5 Å². The first-order chi connectivity index (χ1) is 28.6. The number of rotatable bonds is 9. The van der Waals surface area contributed by atoms with Crippen molar-refractivity contribution in [2.24, 2.45) is 10.4 Å². The summed E-state index contributed by atoms with van der Waals surface area (Å²) < 4.78 is 112. The second-order valence-electron chi connectivity index (χ2n) is 16.6. The SMILES string of the molecule is C=C(C=N/C(=C/c1c2c3cc(c(F)cc3n1CC(F)(F)F)-c1csc(n1)CC(NC)C(=C)N1CCCC(N1)C(=O)OCC(C)(C)C2)C(C)OC)N1CCN(CC(F)(F)F)CC1. The molecule has 334 valence electrons. The molecular formula is C42H53F7N8O3S. The Hall–Kier alpha value is -4.30. The number of nitrogens with zero attached hydrogens (tertiary/aromatic N) is 6. The van der Waals surface area contributed by atoms with E-state index < -0.39 is 54.8 Å². The van der Waals surface area contributed by atoms with Gasteiger partial charge in [-0.05, 0) is 57.0 Å². The number of ether oxygens (including phenoxy) is 2. The zero-order valence-corrected chi connectivity index (χ0v) is 35.8. The number of cyclic esters (lactones) is 1. The smallest absolute Gasteiger partial charge is 0.406 e. The lowest BCUT2D eigenvalue weighted by atomic mass is 9.85. The van der Waals surface area contributed by atoms with E-state index in [4.69, 9.17) is 14.5 Å². The highest BCUT2D eigenvalue weighted by atomic mass is 32.1. The van der Waals surface area contributed by atoms with Crippen LogP contribution in [-0.2, 0) is 33.7 Å². The van der Waals surface area contributed by atoms with E-state index in [0.29, 0.717) is 58.9 Å². The number of nitrogens with one attached hydrogen (secondary N) is 2. The van der Waals surface area contributed by atoms with Crippen molar-refractivity contribution in [3.8, 4) is 11.3 Å². The van der Waals surface area contributed by atoms with Gasteiger partial charge in [-0.2, -0.15) is 26.3 Å². The van der Waals surface area contributed by atoms with Gasteiger partial charge in [0.05, 0.1) is 47.2 Å². The molecule has 19 heteroatoms. The van der Waals surface area contributed by atoms with Crippen molar-refractivity contribution in [1.82, 2.24) is 35.1 Å². The van der Waals surface area contributed by atoms with Gasteiger partial charge in [-0.1, -0.05) is 27.0 Å². The number of likely N-dealkylation sites (N-methyl/N-ethyl adjacent to an activating group) is 1.